The molecule has 0 atom stereocenters. The largest absolute Gasteiger partial charge is 0.478 e. The Balaban J connectivity index is 1.29. The summed E-state index contributed by atoms with van der Waals surface area (Å²) in [6, 6.07) is 10.3. The van der Waals surface area contributed by atoms with E-state index in [0.717, 1.165) is 59.7 Å². The van der Waals surface area contributed by atoms with Gasteiger partial charge >= 0.3 is 5.97 Å². The van der Waals surface area contributed by atoms with Gasteiger partial charge in [0.25, 0.3) is 0 Å². The Bertz CT molecular complexity index is 1540. The Morgan fingerprint density at radius 2 is 1.77 bits per heavy atom. The molecule has 2 fully saturated rings. The summed E-state index contributed by atoms with van der Waals surface area (Å²) >= 11 is 0. The number of carboxylic acids is 1. The number of allylic oxidation sites excluding steroid dienone is 3. The van der Waals surface area contributed by atoms with Crippen LogP contribution < -0.4 is 10.2 Å². The van der Waals surface area contributed by atoms with Gasteiger partial charge in [-0.15, -0.1) is 0 Å². The van der Waals surface area contributed by atoms with E-state index in [4.69, 9.17) is 4.52 Å². The van der Waals surface area contributed by atoms with Gasteiger partial charge in [-0.05, 0) is 37.8 Å². The fourth-order valence-corrected chi connectivity index (χ4v) is 6.75. The second-order valence-corrected chi connectivity index (χ2v) is 11.1. The molecule has 1 aromatic heterocycles. The predicted molar refractivity (Wildman–Crippen MR) is 150 cm³/mol. The van der Waals surface area contributed by atoms with Crippen molar-refractivity contribution in [1.29, 1.82) is 0 Å². The van der Waals surface area contributed by atoms with Crippen LogP contribution in [0.15, 0.2) is 58.3 Å². The Labute approximate surface area is 226 Å². The molecular weight excluding hydrogens is 492 g/mol. The first-order valence-corrected chi connectivity index (χ1v) is 14.1. The molecule has 0 spiro atoms. The van der Waals surface area contributed by atoms with Crippen molar-refractivity contribution < 1.29 is 19.2 Å². The number of hydrogen-bond donors (Lipinski definition) is 2. The normalized spacial score (nSPS) is 20.0. The van der Waals surface area contributed by atoms with E-state index in [2.05, 4.69) is 20.3 Å². The molecule has 200 valence electrons. The number of carboxylic acid groups (broad SMARTS) is 1. The number of benzene rings is 2. The molecular formula is C31H32N4O4. The van der Waals surface area contributed by atoms with Gasteiger partial charge in [0.2, 0.25) is 0 Å². The third-order valence-corrected chi connectivity index (χ3v) is 8.84. The van der Waals surface area contributed by atoms with Gasteiger partial charge in [-0.1, -0.05) is 54.8 Å². The zero-order valence-electron chi connectivity index (χ0n) is 21.9. The molecule has 0 unspecified atom stereocenters. The Morgan fingerprint density at radius 3 is 2.49 bits per heavy atom. The Hall–Kier alpha value is -3.91. The topological polar surface area (TPSA) is 98.9 Å². The lowest BCUT2D eigenvalue weighted by Gasteiger charge is -2.41. The fraction of sp³-hybridized carbons (Fsp3) is 0.387. The first kappa shape index (κ1) is 24.2. The van der Waals surface area contributed by atoms with Gasteiger partial charge in [-0.25, -0.2) is 4.79 Å². The summed E-state index contributed by atoms with van der Waals surface area (Å²) in [6.45, 7) is 3.81. The Morgan fingerprint density at radius 1 is 1.00 bits per heavy atom. The number of nitrogens with zero attached hydrogens (tertiary/aromatic N) is 3. The molecule has 1 saturated heterocycles. The van der Waals surface area contributed by atoms with Crippen molar-refractivity contribution in [1.82, 2.24) is 10.1 Å². The third kappa shape index (κ3) is 4.14. The maximum atomic E-state index is 13.9. The maximum Gasteiger partial charge on any atom is 0.331 e. The second-order valence-electron chi connectivity index (χ2n) is 11.1. The number of aromatic nitrogens is 1. The smallest absolute Gasteiger partial charge is 0.331 e. The van der Waals surface area contributed by atoms with E-state index in [1.165, 1.54) is 32.1 Å². The number of ketones is 1. The first-order chi connectivity index (χ1) is 19.1. The minimum Gasteiger partial charge on any atom is -0.478 e. The monoisotopic (exact) mass is 524 g/mol. The SMILES string of the molecule is O=C(O)C1=CC=C(Nc2cc(N3CCN(C4CCCCC4)CC3)c3noc4c3c2C(=O)c2ccccc2-4)CC1. The molecule has 0 radical (unpaired) electrons. The number of nitrogens with one attached hydrogen (secondary N) is 1. The van der Waals surface area contributed by atoms with Gasteiger partial charge < -0.3 is 19.8 Å². The zero-order chi connectivity index (χ0) is 26.5. The van der Waals surface area contributed by atoms with Crippen molar-refractivity contribution in [3.05, 3.63) is 64.9 Å². The van der Waals surface area contributed by atoms with E-state index < -0.39 is 5.97 Å². The van der Waals surface area contributed by atoms with Crippen molar-refractivity contribution in [3.63, 3.8) is 0 Å². The summed E-state index contributed by atoms with van der Waals surface area (Å²) in [4.78, 5) is 30.3. The lowest BCUT2D eigenvalue weighted by Crippen LogP contribution is -2.51. The van der Waals surface area contributed by atoms with Crippen LogP contribution in [-0.2, 0) is 4.79 Å². The Kier molecular flexibility index (Phi) is 6.00. The lowest BCUT2D eigenvalue weighted by atomic mass is 9.86. The quantitative estimate of drug-likeness (QED) is 0.348. The molecule has 8 nitrogen and oxygen atoms in total. The molecule has 7 rings (SSSR count). The summed E-state index contributed by atoms with van der Waals surface area (Å²) in [5.74, 6) is -0.315. The average molecular weight is 525 g/mol. The van der Waals surface area contributed by atoms with Crippen LogP contribution >= 0.6 is 0 Å². The predicted octanol–water partition coefficient (Wildman–Crippen LogP) is 5.59. The van der Waals surface area contributed by atoms with Crippen LogP contribution in [0, 0.1) is 0 Å². The number of aliphatic carboxylic acids is 1. The van der Waals surface area contributed by atoms with Gasteiger partial charge in [0.15, 0.2) is 11.5 Å². The number of anilines is 2. The molecule has 2 heterocycles. The number of carbonyl (C=O) groups is 2. The van der Waals surface area contributed by atoms with Crippen LogP contribution in [0.4, 0.5) is 11.4 Å². The number of fused-ring (bicyclic) bond motifs is 2. The summed E-state index contributed by atoms with van der Waals surface area (Å²) in [7, 11) is 0. The van der Waals surface area contributed by atoms with Crippen LogP contribution in [0.1, 0.15) is 60.9 Å². The van der Waals surface area contributed by atoms with Crippen LogP contribution in [0.25, 0.3) is 22.2 Å². The van der Waals surface area contributed by atoms with Crippen LogP contribution in [0.2, 0.25) is 0 Å². The minimum atomic E-state index is -0.891. The van der Waals surface area contributed by atoms with E-state index in [0.29, 0.717) is 41.3 Å². The van der Waals surface area contributed by atoms with Crippen molar-refractivity contribution in [2.45, 2.75) is 51.0 Å². The van der Waals surface area contributed by atoms with Crippen LogP contribution in [0.5, 0.6) is 0 Å². The molecule has 1 aliphatic heterocycles. The molecule has 1 saturated carbocycles. The third-order valence-electron chi connectivity index (χ3n) is 8.84. The molecule has 3 aliphatic carbocycles. The van der Waals surface area contributed by atoms with E-state index in [1.54, 1.807) is 6.08 Å². The highest BCUT2D eigenvalue weighted by atomic mass is 16.5. The van der Waals surface area contributed by atoms with E-state index in [9.17, 15) is 14.7 Å². The van der Waals surface area contributed by atoms with Crippen molar-refractivity contribution in [2.24, 2.45) is 0 Å². The van der Waals surface area contributed by atoms with Crippen LogP contribution in [-0.4, -0.2) is 59.1 Å². The molecule has 3 aromatic rings. The molecule has 2 N–H and O–H groups in total. The van der Waals surface area contributed by atoms with Gasteiger partial charge in [0.05, 0.1) is 22.3 Å². The summed E-state index contributed by atoms with van der Waals surface area (Å²) in [5.41, 5.74) is 5.63. The summed E-state index contributed by atoms with van der Waals surface area (Å²) in [5, 5.41) is 18.1. The molecule has 8 heteroatoms. The van der Waals surface area contributed by atoms with Crippen molar-refractivity contribution in [2.75, 3.05) is 36.4 Å². The van der Waals surface area contributed by atoms with Crippen molar-refractivity contribution >= 4 is 34.0 Å². The maximum absolute atomic E-state index is 13.9. The highest BCUT2D eigenvalue weighted by Gasteiger charge is 2.35. The highest BCUT2D eigenvalue weighted by Crippen LogP contribution is 2.46. The molecule has 0 amide bonds. The number of hydrogen-bond acceptors (Lipinski definition) is 7. The van der Waals surface area contributed by atoms with Gasteiger partial charge in [-0.3, -0.25) is 9.69 Å². The first-order valence-electron chi connectivity index (χ1n) is 14.1. The van der Waals surface area contributed by atoms with E-state index in [1.807, 2.05) is 36.4 Å². The lowest BCUT2D eigenvalue weighted by molar-refractivity contribution is -0.132. The second kappa shape index (κ2) is 9.68. The number of carbonyl (C=O) groups excluding carboxylic acids is 1. The summed E-state index contributed by atoms with van der Waals surface area (Å²) < 4.78 is 5.95. The number of piperazine rings is 1. The average Bonchev–Trinajstić information content (AvgIpc) is 3.42. The standard InChI is InChI=1S/C31H32N4O4/c36-29-22-8-4-5-9-23(22)30-27-26(29)24(32-20-12-10-19(11-13-20)31(37)38)18-25(28(27)33-39-30)35-16-14-34(15-17-35)21-6-2-1-3-7-21/h4-5,8-10,12,18,21,32H,1-3,6-7,11,13-17H2,(H,37,38). The molecule has 2 aromatic carbocycles. The summed E-state index contributed by atoms with van der Waals surface area (Å²) in [6.07, 6.45) is 11.1. The van der Waals surface area contributed by atoms with E-state index in [-0.39, 0.29) is 5.78 Å². The highest BCUT2D eigenvalue weighted by molar-refractivity contribution is 6.28. The van der Waals surface area contributed by atoms with E-state index >= 15 is 0 Å². The zero-order valence-corrected chi connectivity index (χ0v) is 21.9. The van der Waals surface area contributed by atoms with Crippen LogP contribution in [0.3, 0.4) is 0 Å². The van der Waals surface area contributed by atoms with Gasteiger partial charge in [-0.2, -0.15) is 0 Å². The molecule has 4 aliphatic rings. The van der Waals surface area contributed by atoms with Gasteiger partial charge in [0.1, 0.15) is 5.52 Å². The fourth-order valence-electron chi connectivity index (χ4n) is 6.75. The molecule has 39 heavy (non-hydrogen) atoms. The van der Waals surface area contributed by atoms with Gasteiger partial charge in [0, 0.05) is 54.6 Å². The number of rotatable bonds is 5. The van der Waals surface area contributed by atoms with Crippen molar-refractivity contribution in [3.8, 4) is 11.3 Å². The molecule has 0 bridgehead atoms. The minimum absolute atomic E-state index is 0.0550.